The molecule has 0 bridgehead atoms. The number of anilines is 2. The van der Waals surface area contributed by atoms with Crippen LogP contribution in [0.2, 0.25) is 0 Å². The molecule has 4 N–H and O–H groups in total. The van der Waals surface area contributed by atoms with Gasteiger partial charge in [0.2, 0.25) is 0 Å². The number of amides is 2. The van der Waals surface area contributed by atoms with Crippen molar-refractivity contribution in [1.82, 2.24) is 0 Å². The predicted molar refractivity (Wildman–Crippen MR) is 82.0 cm³/mol. The van der Waals surface area contributed by atoms with Crippen LogP contribution in [0.25, 0.3) is 0 Å². The molecule has 0 unspecified atom stereocenters. The fourth-order valence-corrected chi connectivity index (χ4v) is 1.70. The molecule has 22 heavy (non-hydrogen) atoms. The number of urea groups is 1. The van der Waals surface area contributed by atoms with Crippen molar-refractivity contribution in [2.24, 2.45) is 0 Å². The van der Waals surface area contributed by atoms with Crippen molar-refractivity contribution in [3.8, 4) is 0 Å². The Bertz CT molecular complexity index is 673. The summed E-state index contributed by atoms with van der Waals surface area (Å²) in [6.07, 6.45) is 0. The first-order valence-electron chi connectivity index (χ1n) is 6.24. The number of carbonyl (C=O) groups is 1. The fourth-order valence-electron chi connectivity index (χ4n) is 1.70. The number of nitrogens with zero attached hydrogens (tertiary/aromatic N) is 1. The van der Waals surface area contributed by atoms with Crippen LogP contribution in [0, 0.1) is 10.1 Å². The Hall–Kier alpha value is -2.91. The van der Waals surface area contributed by atoms with Crippen LogP contribution < -0.4 is 16.1 Å². The van der Waals surface area contributed by atoms with E-state index in [0.717, 1.165) is 0 Å². The minimum absolute atomic E-state index is 0.0656. The van der Waals surface area contributed by atoms with Gasteiger partial charge < -0.3 is 20.7 Å². The Morgan fingerprint density at radius 2 is 1.41 bits per heavy atom. The van der Waals surface area contributed by atoms with Gasteiger partial charge in [0, 0.05) is 23.5 Å². The largest absolute Gasteiger partial charge is 0.488 e. The summed E-state index contributed by atoms with van der Waals surface area (Å²) in [4.78, 5) is 21.8. The highest BCUT2D eigenvalue weighted by Crippen LogP contribution is 2.15. The van der Waals surface area contributed by atoms with E-state index in [1.807, 2.05) is 0 Å². The number of hydrogen-bond acceptors (Lipinski definition) is 5. The van der Waals surface area contributed by atoms with E-state index in [1.54, 1.807) is 0 Å². The minimum Gasteiger partial charge on any atom is -0.423 e. The quantitative estimate of drug-likeness (QED) is 0.379. The molecule has 0 aliphatic rings. The van der Waals surface area contributed by atoms with Crippen LogP contribution in [-0.4, -0.2) is 28.1 Å². The summed E-state index contributed by atoms with van der Waals surface area (Å²) in [6.45, 7) is 0. The number of nitro benzene ring substituents is 1. The van der Waals surface area contributed by atoms with Crippen molar-refractivity contribution in [3.63, 3.8) is 0 Å². The van der Waals surface area contributed by atoms with Gasteiger partial charge in [-0.1, -0.05) is 12.1 Å². The molecule has 0 aromatic heterocycles. The van der Waals surface area contributed by atoms with E-state index in [1.165, 1.54) is 48.5 Å². The third-order valence-electron chi connectivity index (χ3n) is 2.80. The van der Waals surface area contributed by atoms with E-state index in [0.29, 0.717) is 16.8 Å². The summed E-state index contributed by atoms with van der Waals surface area (Å²) in [5.74, 6) is 0. The molecule has 2 aromatic rings. The van der Waals surface area contributed by atoms with E-state index in [4.69, 9.17) is 10.0 Å². The number of nitrogens with one attached hydrogen (secondary N) is 2. The Kier molecular flexibility index (Phi) is 4.71. The zero-order valence-corrected chi connectivity index (χ0v) is 11.3. The van der Waals surface area contributed by atoms with Crippen molar-refractivity contribution in [1.29, 1.82) is 0 Å². The van der Waals surface area contributed by atoms with Gasteiger partial charge in [-0.25, -0.2) is 4.79 Å². The van der Waals surface area contributed by atoms with Crippen molar-refractivity contribution in [2.45, 2.75) is 0 Å². The molecular formula is C13H12BN3O5. The lowest BCUT2D eigenvalue weighted by Gasteiger charge is -2.08. The predicted octanol–water partition coefficient (Wildman–Crippen LogP) is 0.919. The summed E-state index contributed by atoms with van der Waals surface area (Å²) in [5.41, 5.74) is 1.11. The summed E-state index contributed by atoms with van der Waals surface area (Å²) < 4.78 is 0. The van der Waals surface area contributed by atoms with Gasteiger partial charge in [0.1, 0.15) is 0 Å². The number of benzene rings is 2. The Labute approximate surface area is 125 Å². The molecule has 112 valence electrons. The van der Waals surface area contributed by atoms with Crippen molar-refractivity contribution < 1.29 is 19.8 Å². The average molecular weight is 301 g/mol. The number of carbonyl (C=O) groups excluding carboxylic acids is 1. The number of hydrogen-bond donors (Lipinski definition) is 4. The van der Waals surface area contributed by atoms with Gasteiger partial charge in [-0.15, -0.1) is 0 Å². The zero-order valence-electron chi connectivity index (χ0n) is 11.3. The maximum atomic E-state index is 11.8. The Morgan fingerprint density at radius 3 is 1.82 bits per heavy atom. The van der Waals surface area contributed by atoms with E-state index in [2.05, 4.69) is 10.6 Å². The van der Waals surface area contributed by atoms with Gasteiger partial charge in [-0.05, 0) is 29.7 Å². The van der Waals surface area contributed by atoms with Crippen LogP contribution in [0.1, 0.15) is 0 Å². The summed E-state index contributed by atoms with van der Waals surface area (Å²) in [6, 6.07) is 10.9. The van der Waals surface area contributed by atoms with Gasteiger partial charge in [0.25, 0.3) is 5.69 Å². The lowest BCUT2D eigenvalue weighted by Crippen LogP contribution is -2.29. The minimum atomic E-state index is -1.57. The van der Waals surface area contributed by atoms with Crippen molar-refractivity contribution in [3.05, 3.63) is 58.6 Å². The second-order valence-corrected chi connectivity index (χ2v) is 4.38. The summed E-state index contributed by atoms with van der Waals surface area (Å²) in [5, 5.41) is 33.5. The lowest BCUT2D eigenvalue weighted by molar-refractivity contribution is -0.384. The zero-order chi connectivity index (χ0) is 16.1. The summed E-state index contributed by atoms with van der Waals surface area (Å²) in [7, 11) is -1.57. The highest BCUT2D eigenvalue weighted by Gasteiger charge is 2.10. The lowest BCUT2D eigenvalue weighted by atomic mass is 9.80. The molecule has 2 rings (SSSR count). The fraction of sp³-hybridized carbons (Fsp3) is 0. The molecule has 2 aromatic carbocycles. The first kappa shape index (κ1) is 15.5. The van der Waals surface area contributed by atoms with Crippen LogP contribution in [0.5, 0.6) is 0 Å². The Morgan fingerprint density at radius 1 is 0.955 bits per heavy atom. The van der Waals surface area contributed by atoms with E-state index >= 15 is 0 Å². The first-order valence-corrected chi connectivity index (χ1v) is 6.24. The first-order chi connectivity index (χ1) is 10.5. The van der Waals surface area contributed by atoms with E-state index in [9.17, 15) is 14.9 Å². The van der Waals surface area contributed by atoms with Crippen LogP contribution in [0.3, 0.4) is 0 Å². The Balaban J connectivity index is 1.96. The smallest absolute Gasteiger partial charge is 0.423 e. The third kappa shape index (κ3) is 4.04. The highest BCUT2D eigenvalue weighted by molar-refractivity contribution is 6.58. The molecule has 9 heteroatoms. The molecule has 0 atom stereocenters. The normalized spacial score (nSPS) is 9.91. The monoisotopic (exact) mass is 301 g/mol. The second-order valence-electron chi connectivity index (χ2n) is 4.38. The van der Waals surface area contributed by atoms with Gasteiger partial charge >= 0.3 is 13.1 Å². The molecule has 0 aliphatic carbocycles. The van der Waals surface area contributed by atoms with E-state index < -0.39 is 18.1 Å². The van der Waals surface area contributed by atoms with Gasteiger partial charge in [0.05, 0.1) is 4.92 Å². The van der Waals surface area contributed by atoms with Gasteiger partial charge in [0.15, 0.2) is 0 Å². The number of rotatable bonds is 4. The van der Waals surface area contributed by atoms with E-state index in [-0.39, 0.29) is 5.69 Å². The molecule has 0 aliphatic heterocycles. The third-order valence-corrected chi connectivity index (χ3v) is 2.80. The highest BCUT2D eigenvalue weighted by atomic mass is 16.6. The molecular weight excluding hydrogens is 289 g/mol. The van der Waals surface area contributed by atoms with Crippen LogP contribution in [0.15, 0.2) is 48.5 Å². The molecule has 8 nitrogen and oxygen atoms in total. The molecule has 0 saturated heterocycles. The number of non-ortho nitro benzene ring substituents is 1. The van der Waals surface area contributed by atoms with Crippen molar-refractivity contribution in [2.75, 3.05) is 10.6 Å². The number of nitro groups is 1. The van der Waals surface area contributed by atoms with Gasteiger partial charge in [-0.2, -0.15) is 0 Å². The second kappa shape index (κ2) is 6.70. The molecule has 0 spiro atoms. The molecule has 0 heterocycles. The maximum absolute atomic E-state index is 11.8. The van der Waals surface area contributed by atoms with Crippen LogP contribution in [-0.2, 0) is 0 Å². The molecule has 0 fully saturated rings. The van der Waals surface area contributed by atoms with Crippen molar-refractivity contribution >= 4 is 35.7 Å². The standard InChI is InChI=1S/C13H12BN3O5/c18-13(15-10-3-1-9(2-4-10)14(19)20)16-11-5-7-12(8-6-11)17(21)22/h1-8,19-20H,(H2,15,16,18). The van der Waals surface area contributed by atoms with Crippen LogP contribution in [0.4, 0.5) is 21.9 Å². The summed E-state index contributed by atoms with van der Waals surface area (Å²) >= 11 is 0. The average Bonchev–Trinajstić information content (AvgIpc) is 2.48. The molecule has 2 amide bonds. The van der Waals surface area contributed by atoms with Crippen LogP contribution >= 0.6 is 0 Å². The maximum Gasteiger partial charge on any atom is 0.488 e. The topological polar surface area (TPSA) is 125 Å². The van der Waals surface area contributed by atoms with Gasteiger partial charge in [-0.3, -0.25) is 10.1 Å². The molecule has 0 radical (unpaired) electrons. The SMILES string of the molecule is O=C(Nc1ccc(B(O)O)cc1)Nc1ccc([N+](=O)[O-])cc1. The molecule has 0 saturated carbocycles.